The summed E-state index contributed by atoms with van der Waals surface area (Å²) in [6.07, 6.45) is 4.56. The van der Waals surface area contributed by atoms with Crippen LogP contribution in [0.5, 0.6) is 0 Å². The molecule has 1 heterocycles. The molecule has 90 valence electrons. The molecule has 0 amide bonds. The molecular weight excluding hydrogens is 190 g/mol. The molecule has 0 unspecified atom stereocenters. The minimum absolute atomic E-state index is 0.337. The van der Waals surface area contributed by atoms with Crippen LogP contribution in [0.3, 0.4) is 0 Å². The molecule has 0 aromatic heterocycles. The molecule has 0 N–H and O–H groups in total. The Morgan fingerprint density at radius 2 is 2.20 bits per heavy atom. The van der Waals surface area contributed by atoms with Gasteiger partial charge in [0, 0.05) is 19.7 Å². The third-order valence-electron chi connectivity index (χ3n) is 2.71. The van der Waals surface area contributed by atoms with Crippen molar-refractivity contribution in [1.82, 2.24) is 4.90 Å². The number of ether oxygens (including phenoxy) is 2. The van der Waals surface area contributed by atoms with Gasteiger partial charge in [-0.05, 0) is 40.2 Å². The van der Waals surface area contributed by atoms with Gasteiger partial charge < -0.3 is 14.4 Å². The zero-order valence-corrected chi connectivity index (χ0v) is 10.4. The zero-order valence-electron chi connectivity index (χ0n) is 10.4. The van der Waals surface area contributed by atoms with Crippen molar-refractivity contribution in [3.05, 3.63) is 0 Å². The SMILES string of the molecule is CC(C)OCCN(C)C[C@H]1CCCCO1. The minimum Gasteiger partial charge on any atom is -0.377 e. The number of hydrogen-bond acceptors (Lipinski definition) is 3. The summed E-state index contributed by atoms with van der Waals surface area (Å²) in [7, 11) is 2.14. The molecule has 0 aliphatic carbocycles. The summed E-state index contributed by atoms with van der Waals surface area (Å²) in [4.78, 5) is 2.30. The van der Waals surface area contributed by atoms with Crippen LogP contribution in [0, 0.1) is 0 Å². The standard InChI is InChI=1S/C12H25NO2/c1-11(2)14-9-7-13(3)10-12-6-4-5-8-15-12/h11-12H,4-10H2,1-3H3/t12-/m1/s1. The van der Waals surface area contributed by atoms with E-state index in [0.29, 0.717) is 12.2 Å². The van der Waals surface area contributed by atoms with Crippen LogP contribution in [0.25, 0.3) is 0 Å². The summed E-state index contributed by atoms with van der Waals surface area (Å²) < 4.78 is 11.2. The second-order valence-corrected chi connectivity index (χ2v) is 4.67. The maximum atomic E-state index is 5.69. The molecule has 1 rings (SSSR count). The van der Waals surface area contributed by atoms with Gasteiger partial charge in [-0.3, -0.25) is 0 Å². The van der Waals surface area contributed by atoms with Crippen molar-refractivity contribution in [2.45, 2.75) is 45.3 Å². The molecule has 1 aliphatic heterocycles. The summed E-state index contributed by atoms with van der Waals surface area (Å²) >= 11 is 0. The molecular formula is C12H25NO2. The third-order valence-corrected chi connectivity index (χ3v) is 2.71. The second kappa shape index (κ2) is 7.20. The Labute approximate surface area is 93.7 Å². The van der Waals surface area contributed by atoms with Crippen LogP contribution >= 0.6 is 0 Å². The van der Waals surface area contributed by atoms with Gasteiger partial charge in [-0.25, -0.2) is 0 Å². The van der Waals surface area contributed by atoms with Crippen LogP contribution < -0.4 is 0 Å². The van der Waals surface area contributed by atoms with E-state index in [1.807, 2.05) is 0 Å². The highest BCUT2D eigenvalue weighted by Crippen LogP contribution is 2.13. The van der Waals surface area contributed by atoms with E-state index in [0.717, 1.165) is 26.3 Å². The molecule has 3 heteroatoms. The van der Waals surface area contributed by atoms with Crippen LogP contribution in [0.1, 0.15) is 33.1 Å². The van der Waals surface area contributed by atoms with Gasteiger partial charge in [0.25, 0.3) is 0 Å². The molecule has 15 heavy (non-hydrogen) atoms. The third kappa shape index (κ3) is 6.13. The highest BCUT2D eigenvalue weighted by Gasteiger charge is 2.15. The number of likely N-dealkylation sites (N-methyl/N-ethyl adjacent to an activating group) is 1. The van der Waals surface area contributed by atoms with Crippen LogP contribution in [0.15, 0.2) is 0 Å². The van der Waals surface area contributed by atoms with E-state index in [9.17, 15) is 0 Å². The fourth-order valence-electron chi connectivity index (χ4n) is 1.83. The molecule has 1 fully saturated rings. The average Bonchev–Trinajstić information content (AvgIpc) is 2.18. The number of nitrogens with zero attached hydrogens (tertiary/aromatic N) is 1. The molecule has 0 spiro atoms. The lowest BCUT2D eigenvalue weighted by Crippen LogP contribution is -2.35. The van der Waals surface area contributed by atoms with Crippen LogP contribution in [-0.4, -0.2) is 50.5 Å². The van der Waals surface area contributed by atoms with Crippen LogP contribution in [-0.2, 0) is 9.47 Å². The maximum absolute atomic E-state index is 5.69. The molecule has 0 aromatic rings. The molecule has 1 aliphatic rings. The fourth-order valence-corrected chi connectivity index (χ4v) is 1.83. The first-order valence-corrected chi connectivity index (χ1v) is 6.10. The predicted molar refractivity (Wildman–Crippen MR) is 62.2 cm³/mol. The van der Waals surface area contributed by atoms with Gasteiger partial charge in [-0.15, -0.1) is 0 Å². The first-order chi connectivity index (χ1) is 7.18. The highest BCUT2D eigenvalue weighted by atomic mass is 16.5. The zero-order chi connectivity index (χ0) is 11.1. The molecule has 3 nitrogen and oxygen atoms in total. The molecule has 0 bridgehead atoms. The van der Waals surface area contributed by atoms with Crippen LogP contribution in [0.4, 0.5) is 0 Å². The normalized spacial score (nSPS) is 22.6. The molecule has 0 aromatic carbocycles. The lowest BCUT2D eigenvalue weighted by molar-refractivity contribution is -0.00847. The Kier molecular flexibility index (Phi) is 6.22. The van der Waals surface area contributed by atoms with E-state index in [-0.39, 0.29) is 0 Å². The van der Waals surface area contributed by atoms with Crippen LogP contribution in [0.2, 0.25) is 0 Å². The minimum atomic E-state index is 0.337. The van der Waals surface area contributed by atoms with Gasteiger partial charge in [-0.2, -0.15) is 0 Å². The Morgan fingerprint density at radius 1 is 1.40 bits per heavy atom. The van der Waals surface area contributed by atoms with E-state index >= 15 is 0 Å². The van der Waals surface area contributed by atoms with Crippen molar-refractivity contribution in [3.8, 4) is 0 Å². The van der Waals surface area contributed by atoms with E-state index in [2.05, 4.69) is 25.8 Å². The quantitative estimate of drug-likeness (QED) is 0.675. The Morgan fingerprint density at radius 3 is 2.80 bits per heavy atom. The Bertz CT molecular complexity index is 156. The van der Waals surface area contributed by atoms with Crippen molar-refractivity contribution in [2.75, 3.05) is 33.4 Å². The first-order valence-electron chi connectivity index (χ1n) is 6.10. The summed E-state index contributed by atoms with van der Waals surface area (Å²) in [6.45, 7) is 7.95. The molecule has 1 saturated heterocycles. The lowest BCUT2D eigenvalue weighted by Gasteiger charge is -2.27. The topological polar surface area (TPSA) is 21.7 Å². The van der Waals surface area contributed by atoms with E-state index in [1.165, 1.54) is 19.3 Å². The summed E-state index contributed by atoms with van der Waals surface area (Å²) in [6, 6.07) is 0. The van der Waals surface area contributed by atoms with Gasteiger partial charge in [0.2, 0.25) is 0 Å². The monoisotopic (exact) mass is 215 g/mol. The van der Waals surface area contributed by atoms with E-state index < -0.39 is 0 Å². The fraction of sp³-hybridized carbons (Fsp3) is 1.00. The highest BCUT2D eigenvalue weighted by molar-refractivity contribution is 4.67. The van der Waals surface area contributed by atoms with Crippen molar-refractivity contribution in [3.63, 3.8) is 0 Å². The summed E-state index contributed by atoms with van der Waals surface area (Å²) in [5.74, 6) is 0. The van der Waals surface area contributed by atoms with Gasteiger partial charge >= 0.3 is 0 Å². The molecule has 0 radical (unpaired) electrons. The van der Waals surface area contributed by atoms with Gasteiger partial charge in [-0.1, -0.05) is 0 Å². The van der Waals surface area contributed by atoms with Gasteiger partial charge in [0.05, 0.1) is 18.8 Å². The van der Waals surface area contributed by atoms with Crippen molar-refractivity contribution in [2.24, 2.45) is 0 Å². The first kappa shape index (κ1) is 12.9. The predicted octanol–water partition coefficient (Wildman–Crippen LogP) is 1.91. The van der Waals surface area contributed by atoms with Crippen molar-refractivity contribution >= 4 is 0 Å². The van der Waals surface area contributed by atoms with Crippen molar-refractivity contribution in [1.29, 1.82) is 0 Å². The van der Waals surface area contributed by atoms with E-state index in [1.54, 1.807) is 0 Å². The molecule has 0 saturated carbocycles. The van der Waals surface area contributed by atoms with Crippen molar-refractivity contribution < 1.29 is 9.47 Å². The summed E-state index contributed by atoms with van der Waals surface area (Å²) in [5, 5.41) is 0. The van der Waals surface area contributed by atoms with Gasteiger partial charge in [0.15, 0.2) is 0 Å². The smallest absolute Gasteiger partial charge is 0.0701 e. The average molecular weight is 215 g/mol. The number of rotatable bonds is 6. The second-order valence-electron chi connectivity index (χ2n) is 4.67. The lowest BCUT2D eigenvalue weighted by atomic mass is 10.1. The Balaban J connectivity index is 2.03. The maximum Gasteiger partial charge on any atom is 0.0701 e. The van der Waals surface area contributed by atoms with E-state index in [4.69, 9.17) is 9.47 Å². The van der Waals surface area contributed by atoms with Gasteiger partial charge in [0.1, 0.15) is 0 Å². The Hall–Kier alpha value is -0.120. The molecule has 1 atom stereocenters. The number of hydrogen-bond donors (Lipinski definition) is 0. The summed E-state index contributed by atoms with van der Waals surface area (Å²) in [5.41, 5.74) is 0. The largest absolute Gasteiger partial charge is 0.377 e.